The van der Waals surface area contributed by atoms with E-state index in [2.05, 4.69) is 20.2 Å². The lowest BCUT2D eigenvalue weighted by Gasteiger charge is -2.12. The van der Waals surface area contributed by atoms with Crippen LogP contribution in [0.15, 0.2) is 22.7 Å². The minimum atomic E-state index is -0.193. The molecule has 4 rings (SSSR count). The maximum atomic E-state index is 12.7. The van der Waals surface area contributed by atoms with Crippen LogP contribution in [0.4, 0.5) is 5.69 Å². The first kappa shape index (κ1) is 16.3. The number of nitrogens with zero attached hydrogens (tertiary/aromatic N) is 4. The monoisotopic (exact) mass is 349 g/mol. The van der Waals surface area contributed by atoms with Gasteiger partial charge in [0.05, 0.1) is 18.5 Å². The molecule has 1 aliphatic carbocycles. The van der Waals surface area contributed by atoms with Crippen molar-refractivity contribution >= 4 is 17.2 Å². The number of imidazole rings is 1. The minimum absolute atomic E-state index is 0.138. The largest absolute Gasteiger partial charge is 0.472 e. The number of fused-ring (bicyclic) bond motifs is 1. The van der Waals surface area contributed by atoms with E-state index in [9.17, 15) is 4.79 Å². The van der Waals surface area contributed by atoms with Gasteiger partial charge in [0.15, 0.2) is 17.1 Å². The Kier molecular flexibility index (Phi) is 3.76. The van der Waals surface area contributed by atoms with Gasteiger partial charge < -0.3 is 9.73 Å². The van der Waals surface area contributed by atoms with Crippen LogP contribution >= 0.6 is 0 Å². The molecule has 26 heavy (non-hydrogen) atoms. The SMILES string of the molecule is [C-]#[N+]c1cc(C)oc1-c1cc(C)c2ncc(C(=O)N[C@@H](C)C3CC3)n2n1. The average Bonchev–Trinajstić information content (AvgIpc) is 3.26. The molecule has 1 saturated carbocycles. The molecule has 1 atom stereocenters. The van der Waals surface area contributed by atoms with Crippen molar-refractivity contribution in [2.45, 2.75) is 39.7 Å². The molecule has 0 unspecified atom stereocenters. The summed E-state index contributed by atoms with van der Waals surface area (Å²) in [6, 6.07) is 3.64. The molecule has 1 N–H and O–H groups in total. The molecule has 0 saturated heterocycles. The summed E-state index contributed by atoms with van der Waals surface area (Å²) in [6.45, 7) is 13.0. The predicted molar refractivity (Wildman–Crippen MR) is 96.1 cm³/mol. The topological polar surface area (TPSA) is 76.8 Å². The number of hydrogen-bond acceptors (Lipinski definition) is 4. The number of carbonyl (C=O) groups is 1. The van der Waals surface area contributed by atoms with Crippen LogP contribution in [-0.4, -0.2) is 26.5 Å². The number of amides is 1. The van der Waals surface area contributed by atoms with Gasteiger partial charge in [-0.05, 0) is 57.2 Å². The molecular weight excluding hydrogens is 330 g/mol. The van der Waals surface area contributed by atoms with Gasteiger partial charge in [0.1, 0.15) is 5.69 Å². The predicted octanol–water partition coefficient (Wildman–Crippen LogP) is 3.69. The summed E-state index contributed by atoms with van der Waals surface area (Å²) in [6.07, 6.45) is 3.86. The Morgan fingerprint density at radius 1 is 1.42 bits per heavy atom. The zero-order valence-electron chi connectivity index (χ0n) is 14.9. The third-order valence-corrected chi connectivity index (χ3v) is 4.76. The number of nitrogens with one attached hydrogen (secondary N) is 1. The van der Waals surface area contributed by atoms with Crippen molar-refractivity contribution in [3.05, 3.63) is 46.8 Å². The maximum Gasteiger partial charge on any atom is 0.271 e. The van der Waals surface area contributed by atoms with Gasteiger partial charge in [-0.1, -0.05) is 0 Å². The number of furan rings is 1. The van der Waals surface area contributed by atoms with Crippen LogP contribution < -0.4 is 5.32 Å². The number of hydrogen-bond donors (Lipinski definition) is 1. The maximum absolute atomic E-state index is 12.7. The lowest BCUT2D eigenvalue weighted by Crippen LogP contribution is -2.34. The van der Waals surface area contributed by atoms with Gasteiger partial charge in [-0.2, -0.15) is 5.10 Å². The Balaban J connectivity index is 1.78. The van der Waals surface area contributed by atoms with E-state index in [1.807, 2.05) is 19.9 Å². The third-order valence-electron chi connectivity index (χ3n) is 4.76. The average molecular weight is 349 g/mol. The molecule has 132 valence electrons. The van der Waals surface area contributed by atoms with E-state index in [0.717, 1.165) is 18.4 Å². The minimum Gasteiger partial charge on any atom is -0.472 e. The standard InChI is InChI=1S/C19H19N5O2/c1-10-7-15(17-14(20-4)8-11(2)26-17)23-24-16(9-21-18(10)24)19(25)22-12(3)13-5-6-13/h7-9,12-13H,5-6H2,1-3H3,(H,22,25)/t12-/m0/s1. The van der Waals surface area contributed by atoms with Gasteiger partial charge in [-0.15, -0.1) is 0 Å². The zero-order chi connectivity index (χ0) is 18.4. The molecule has 0 aromatic carbocycles. The van der Waals surface area contributed by atoms with Gasteiger partial charge in [-0.3, -0.25) is 4.79 Å². The molecule has 1 amide bonds. The smallest absolute Gasteiger partial charge is 0.271 e. The number of carbonyl (C=O) groups excluding carboxylic acids is 1. The molecule has 7 nitrogen and oxygen atoms in total. The highest BCUT2D eigenvalue weighted by Gasteiger charge is 2.30. The quantitative estimate of drug-likeness (QED) is 0.729. The fourth-order valence-electron chi connectivity index (χ4n) is 3.15. The number of aromatic nitrogens is 3. The molecule has 0 spiro atoms. The van der Waals surface area contributed by atoms with Crippen LogP contribution in [0.25, 0.3) is 21.9 Å². The molecule has 0 aliphatic heterocycles. The molecule has 1 fully saturated rings. The third kappa shape index (κ3) is 2.73. The Labute approximate surface area is 150 Å². The summed E-state index contributed by atoms with van der Waals surface area (Å²) >= 11 is 0. The molecule has 0 bridgehead atoms. The van der Waals surface area contributed by atoms with Crippen LogP contribution in [0, 0.1) is 26.3 Å². The number of aryl methyl sites for hydroxylation is 2. The van der Waals surface area contributed by atoms with Crippen molar-refractivity contribution < 1.29 is 9.21 Å². The van der Waals surface area contributed by atoms with E-state index in [1.54, 1.807) is 13.0 Å². The fourth-order valence-corrected chi connectivity index (χ4v) is 3.15. The Morgan fingerprint density at radius 2 is 2.19 bits per heavy atom. The lowest BCUT2D eigenvalue weighted by atomic mass is 10.2. The lowest BCUT2D eigenvalue weighted by molar-refractivity contribution is 0.0928. The van der Waals surface area contributed by atoms with Crippen molar-refractivity contribution in [2.75, 3.05) is 0 Å². The molecule has 0 radical (unpaired) electrons. The van der Waals surface area contributed by atoms with Crippen LogP contribution in [0.3, 0.4) is 0 Å². The van der Waals surface area contributed by atoms with E-state index in [-0.39, 0.29) is 11.9 Å². The summed E-state index contributed by atoms with van der Waals surface area (Å²) in [5, 5.41) is 7.56. The van der Waals surface area contributed by atoms with Crippen molar-refractivity contribution in [1.82, 2.24) is 19.9 Å². The van der Waals surface area contributed by atoms with E-state index >= 15 is 0 Å². The first-order valence-corrected chi connectivity index (χ1v) is 8.62. The summed E-state index contributed by atoms with van der Waals surface area (Å²) < 4.78 is 7.20. The fraction of sp³-hybridized carbons (Fsp3) is 0.368. The van der Waals surface area contributed by atoms with Gasteiger partial charge in [0.2, 0.25) is 5.69 Å². The van der Waals surface area contributed by atoms with Crippen molar-refractivity contribution in [3.63, 3.8) is 0 Å². The highest BCUT2D eigenvalue weighted by Crippen LogP contribution is 2.34. The van der Waals surface area contributed by atoms with E-state index < -0.39 is 0 Å². The Morgan fingerprint density at radius 3 is 2.88 bits per heavy atom. The Bertz CT molecular complexity index is 1050. The zero-order valence-corrected chi connectivity index (χ0v) is 14.9. The second-order valence-electron chi connectivity index (χ2n) is 6.87. The summed E-state index contributed by atoms with van der Waals surface area (Å²) in [5.41, 5.74) is 2.77. The summed E-state index contributed by atoms with van der Waals surface area (Å²) in [7, 11) is 0. The van der Waals surface area contributed by atoms with E-state index in [0.29, 0.717) is 40.2 Å². The molecule has 7 heteroatoms. The first-order valence-electron chi connectivity index (χ1n) is 8.62. The van der Waals surface area contributed by atoms with E-state index in [1.165, 1.54) is 10.7 Å². The Hall–Kier alpha value is -3.14. The highest BCUT2D eigenvalue weighted by atomic mass is 16.3. The highest BCUT2D eigenvalue weighted by molar-refractivity contribution is 5.93. The van der Waals surface area contributed by atoms with Gasteiger partial charge in [-0.25, -0.2) is 14.3 Å². The second-order valence-corrected chi connectivity index (χ2v) is 6.87. The van der Waals surface area contributed by atoms with Gasteiger partial charge in [0.25, 0.3) is 5.91 Å². The summed E-state index contributed by atoms with van der Waals surface area (Å²) in [4.78, 5) is 20.5. The van der Waals surface area contributed by atoms with Crippen LogP contribution in [0.1, 0.15) is 41.6 Å². The molecule has 1 aliphatic rings. The van der Waals surface area contributed by atoms with E-state index in [4.69, 9.17) is 11.0 Å². The molecule has 3 heterocycles. The van der Waals surface area contributed by atoms with Crippen molar-refractivity contribution in [1.29, 1.82) is 0 Å². The van der Waals surface area contributed by atoms with Crippen LogP contribution in [-0.2, 0) is 0 Å². The van der Waals surface area contributed by atoms with Crippen molar-refractivity contribution in [3.8, 4) is 11.5 Å². The molecular formula is C19H19N5O2. The van der Waals surface area contributed by atoms with Gasteiger partial charge >= 0.3 is 0 Å². The number of rotatable bonds is 4. The van der Waals surface area contributed by atoms with Crippen LogP contribution in [0.5, 0.6) is 0 Å². The summed E-state index contributed by atoms with van der Waals surface area (Å²) in [5.74, 6) is 1.43. The second kappa shape index (κ2) is 5.99. The molecule has 3 aromatic heterocycles. The van der Waals surface area contributed by atoms with Gasteiger partial charge in [0, 0.05) is 6.04 Å². The molecule has 3 aromatic rings. The van der Waals surface area contributed by atoms with Crippen LogP contribution in [0.2, 0.25) is 0 Å². The normalized spacial score (nSPS) is 15.0. The first-order chi connectivity index (χ1) is 12.5. The van der Waals surface area contributed by atoms with Crippen molar-refractivity contribution in [2.24, 2.45) is 5.92 Å².